The molecule has 1 aliphatic rings. The van der Waals surface area contributed by atoms with Gasteiger partial charge in [0.15, 0.2) is 0 Å². The zero-order chi connectivity index (χ0) is 13.3. The molecule has 100 valence electrons. The highest BCUT2D eigenvalue weighted by Gasteiger charge is 2.39. The smallest absolute Gasteiger partial charge is 0.207 e. The van der Waals surface area contributed by atoms with Crippen LogP contribution in [-0.2, 0) is 10.0 Å². The van der Waals surface area contributed by atoms with Crippen molar-refractivity contribution in [2.75, 3.05) is 12.4 Å². The van der Waals surface area contributed by atoms with Crippen molar-refractivity contribution in [3.8, 4) is 0 Å². The van der Waals surface area contributed by atoms with Crippen molar-refractivity contribution in [3.05, 3.63) is 30.1 Å². The van der Waals surface area contributed by atoms with Crippen LogP contribution >= 0.6 is 11.6 Å². The summed E-state index contributed by atoms with van der Waals surface area (Å²) in [6.45, 7) is 2.42. The summed E-state index contributed by atoms with van der Waals surface area (Å²) < 4.78 is 39.3. The lowest BCUT2D eigenvalue weighted by atomic mass is 10.1. The van der Waals surface area contributed by atoms with E-state index in [4.69, 9.17) is 11.6 Å². The summed E-state index contributed by atoms with van der Waals surface area (Å²) in [6, 6.07) is 4.87. The maximum absolute atomic E-state index is 13.1. The molecule has 0 aliphatic carbocycles. The average molecular weight is 292 g/mol. The molecule has 0 bridgehead atoms. The van der Waals surface area contributed by atoms with Crippen LogP contribution in [0.3, 0.4) is 0 Å². The lowest BCUT2D eigenvalue weighted by Gasteiger charge is -2.24. The summed E-state index contributed by atoms with van der Waals surface area (Å²) in [5.41, 5.74) is 0. The second kappa shape index (κ2) is 5.15. The van der Waals surface area contributed by atoms with Crippen molar-refractivity contribution in [1.29, 1.82) is 0 Å². The minimum Gasteiger partial charge on any atom is -0.207 e. The van der Waals surface area contributed by atoms with Crippen LogP contribution in [0.25, 0.3) is 0 Å². The predicted octanol–water partition coefficient (Wildman–Crippen LogP) is 2.46. The van der Waals surface area contributed by atoms with E-state index in [9.17, 15) is 12.8 Å². The van der Waals surface area contributed by atoms with Crippen molar-refractivity contribution in [1.82, 2.24) is 4.31 Å². The molecule has 1 aromatic carbocycles. The third kappa shape index (κ3) is 2.39. The quantitative estimate of drug-likeness (QED) is 0.802. The Kier molecular flexibility index (Phi) is 3.94. The maximum atomic E-state index is 13.1. The molecule has 6 heteroatoms. The van der Waals surface area contributed by atoms with Gasteiger partial charge in [-0.3, -0.25) is 0 Å². The van der Waals surface area contributed by atoms with Gasteiger partial charge in [0.2, 0.25) is 10.0 Å². The van der Waals surface area contributed by atoms with Gasteiger partial charge in [0, 0.05) is 18.5 Å². The van der Waals surface area contributed by atoms with E-state index in [0.29, 0.717) is 6.54 Å². The Balaban J connectivity index is 2.37. The fourth-order valence-electron chi connectivity index (χ4n) is 2.26. The van der Waals surface area contributed by atoms with Crippen molar-refractivity contribution in [3.63, 3.8) is 0 Å². The van der Waals surface area contributed by atoms with Gasteiger partial charge in [0.05, 0.1) is 4.90 Å². The highest BCUT2D eigenvalue weighted by molar-refractivity contribution is 7.89. The molecule has 1 heterocycles. The van der Waals surface area contributed by atoms with Crippen LogP contribution in [0.5, 0.6) is 0 Å². The number of halogens is 2. The van der Waals surface area contributed by atoms with Gasteiger partial charge >= 0.3 is 0 Å². The van der Waals surface area contributed by atoms with Gasteiger partial charge in [0.25, 0.3) is 0 Å². The third-order valence-electron chi connectivity index (χ3n) is 3.39. The molecule has 2 unspecified atom stereocenters. The number of alkyl halides is 1. The first-order valence-corrected chi connectivity index (χ1v) is 7.77. The molecule has 0 N–H and O–H groups in total. The van der Waals surface area contributed by atoms with Crippen LogP contribution in [0.4, 0.5) is 4.39 Å². The molecule has 2 rings (SSSR count). The molecule has 1 fully saturated rings. The van der Waals surface area contributed by atoms with E-state index >= 15 is 0 Å². The molecule has 1 aliphatic heterocycles. The Labute approximate surface area is 112 Å². The van der Waals surface area contributed by atoms with Gasteiger partial charge in [0.1, 0.15) is 5.82 Å². The van der Waals surface area contributed by atoms with Crippen molar-refractivity contribution < 1.29 is 12.8 Å². The lowest BCUT2D eigenvalue weighted by molar-refractivity contribution is 0.375. The first kappa shape index (κ1) is 13.8. The predicted molar refractivity (Wildman–Crippen MR) is 68.6 cm³/mol. The molecule has 0 amide bonds. The fourth-order valence-corrected chi connectivity index (χ4v) is 4.58. The molecular weight excluding hydrogens is 277 g/mol. The van der Waals surface area contributed by atoms with Gasteiger partial charge < -0.3 is 0 Å². The minimum atomic E-state index is -3.65. The molecule has 0 aromatic heterocycles. The molecule has 0 saturated carbocycles. The molecule has 0 spiro atoms. The van der Waals surface area contributed by atoms with E-state index < -0.39 is 15.8 Å². The van der Waals surface area contributed by atoms with E-state index in [1.807, 2.05) is 6.92 Å². The highest BCUT2D eigenvalue weighted by atomic mass is 35.5. The largest absolute Gasteiger partial charge is 0.243 e. The second-order valence-electron chi connectivity index (χ2n) is 4.56. The van der Waals surface area contributed by atoms with E-state index in [1.165, 1.54) is 22.5 Å². The molecule has 18 heavy (non-hydrogen) atoms. The monoisotopic (exact) mass is 291 g/mol. The van der Waals surface area contributed by atoms with E-state index in [1.54, 1.807) is 0 Å². The number of rotatable bonds is 3. The molecule has 1 saturated heterocycles. The van der Waals surface area contributed by atoms with Crippen LogP contribution < -0.4 is 0 Å². The van der Waals surface area contributed by atoms with E-state index in [-0.39, 0.29) is 22.7 Å². The van der Waals surface area contributed by atoms with Crippen LogP contribution in [0.2, 0.25) is 0 Å². The Morgan fingerprint density at radius 3 is 2.83 bits per heavy atom. The third-order valence-corrected chi connectivity index (χ3v) is 5.63. The van der Waals surface area contributed by atoms with E-state index in [2.05, 4.69) is 0 Å². The zero-order valence-electron chi connectivity index (χ0n) is 10.0. The van der Waals surface area contributed by atoms with Crippen LogP contribution in [0, 0.1) is 11.7 Å². The maximum Gasteiger partial charge on any atom is 0.243 e. The Bertz CT molecular complexity index is 535. The van der Waals surface area contributed by atoms with Gasteiger partial charge in [-0.1, -0.05) is 13.0 Å². The average Bonchev–Trinajstić information content (AvgIpc) is 2.71. The number of sulfonamides is 1. The standard InChI is InChI=1S/C12H15ClFNO2S/c1-9-5-6-15(12(9)8-13)18(16,17)11-4-2-3-10(14)7-11/h2-4,7,9,12H,5-6,8H2,1H3. The molecule has 1 aromatic rings. The zero-order valence-corrected chi connectivity index (χ0v) is 11.6. The first-order valence-electron chi connectivity index (χ1n) is 5.80. The fraction of sp³-hybridized carbons (Fsp3) is 0.500. The number of hydrogen-bond donors (Lipinski definition) is 0. The Hall–Kier alpha value is -0.650. The number of nitrogens with zero attached hydrogens (tertiary/aromatic N) is 1. The Morgan fingerprint density at radius 1 is 1.50 bits per heavy atom. The van der Waals surface area contributed by atoms with Gasteiger partial charge in [-0.05, 0) is 30.5 Å². The first-order chi connectivity index (χ1) is 8.46. The van der Waals surface area contributed by atoms with Gasteiger partial charge in [-0.15, -0.1) is 11.6 Å². The lowest BCUT2D eigenvalue weighted by Crippen LogP contribution is -2.38. The summed E-state index contributed by atoms with van der Waals surface area (Å²) in [5, 5.41) is 0. The van der Waals surface area contributed by atoms with Crippen molar-refractivity contribution in [2.24, 2.45) is 5.92 Å². The van der Waals surface area contributed by atoms with Gasteiger partial charge in [-0.25, -0.2) is 12.8 Å². The van der Waals surface area contributed by atoms with E-state index in [0.717, 1.165) is 12.5 Å². The summed E-state index contributed by atoms with van der Waals surface area (Å²) in [6.07, 6.45) is 0.784. The van der Waals surface area contributed by atoms with Crippen molar-refractivity contribution in [2.45, 2.75) is 24.3 Å². The molecular formula is C12H15ClFNO2S. The minimum absolute atomic E-state index is 0.00767. The second-order valence-corrected chi connectivity index (χ2v) is 6.76. The topological polar surface area (TPSA) is 37.4 Å². The molecule has 2 atom stereocenters. The van der Waals surface area contributed by atoms with Crippen molar-refractivity contribution >= 4 is 21.6 Å². The number of hydrogen-bond acceptors (Lipinski definition) is 2. The summed E-state index contributed by atoms with van der Waals surface area (Å²) in [4.78, 5) is -0.00767. The van der Waals surface area contributed by atoms with Gasteiger partial charge in [-0.2, -0.15) is 4.31 Å². The van der Waals surface area contributed by atoms with Crippen LogP contribution in [0.1, 0.15) is 13.3 Å². The normalized spacial score (nSPS) is 25.5. The summed E-state index contributed by atoms with van der Waals surface area (Å²) >= 11 is 5.84. The summed E-state index contributed by atoms with van der Waals surface area (Å²) in [5.74, 6) is -0.0630. The number of benzene rings is 1. The Morgan fingerprint density at radius 2 is 2.22 bits per heavy atom. The SMILES string of the molecule is CC1CCN(S(=O)(=O)c2cccc(F)c2)C1CCl. The molecule has 0 radical (unpaired) electrons. The molecule has 3 nitrogen and oxygen atoms in total. The van der Waals surface area contributed by atoms with Crippen LogP contribution in [-0.4, -0.2) is 31.2 Å². The summed E-state index contributed by atoms with van der Waals surface area (Å²) in [7, 11) is -3.65. The van der Waals surface area contributed by atoms with Crippen LogP contribution in [0.15, 0.2) is 29.2 Å². The highest BCUT2D eigenvalue weighted by Crippen LogP contribution is 2.30.